The molecule has 0 aliphatic heterocycles. The summed E-state index contributed by atoms with van der Waals surface area (Å²) in [5, 5.41) is 12.1. The summed E-state index contributed by atoms with van der Waals surface area (Å²) in [4.78, 5) is 0. The van der Waals surface area contributed by atoms with Crippen LogP contribution in [-0.2, 0) is 6.54 Å². The molecular formula is C12H19NO. The van der Waals surface area contributed by atoms with Gasteiger partial charge in [0.25, 0.3) is 0 Å². The van der Waals surface area contributed by atoms with Crippen LogP contribution >= 0.6 is 0 Å². The molecule has 2 N–H and O–H groups in total. The summed E-state index contributed by atoms with van der Waals surface area (Å²) in [6, 6.07) is 6.60. The van der Waals surface area contributed by atoms with E-state index in [9.17, 15) is 0 Å². The lowest BCUT2D eigenvalue weighted by molar-refractivity contribution is 0.251. The quantitative estimate of drug-likeness (QED) is 0.764. The second-order valence-electron chi connectivity index (χ2n) is 3.89. The SMILES string of the molecule is Cc1ccc(C)c(CN[C@H](C)CO)c1. The zero-order valence-corrected chi connectivity index (χ0v) is 9.17. The summed E-state index contributed by atoms with van der Waals surface area (Å²) in [5.74, 6) is 0. The van der Waals surface area contributed by atoms with Crippen molar-refractivity contribution in [1.82, 2.24) is 5.32 Å². The molecule has 2 nitrogen and oxygen atoms in total. The Balaban J connectivity index is 2.62. The second kappa shape index (κ2) is 5.13. The maximum atomic E-state index is 8.87. The molecule has 0 bridgehead atoms. The van der Waals surface area contributed by atoms with Crippen molar-refractivity contribution < 1.29 is 5.11 Å². The number of benzene rings is 1. The van der Waals surface area contributed by atoms with Crippen LogP contribution in [0.4, 0.5) is 0 Å². The zero-order valence-electron chi connectivity index (χ0n) is 9.17. The van der Waals surface area contributed by atoms with Gasteiger partial charge in [-0.1, -0.05) is 23.8 Å². The van der Waals surface area contributed by atoms with Gasteiger partial charge in [0.2, 0.25) is 0 Å². The highest BCUT2D eigenvalue weighted by Gasteiger charge is 2.01. The van der Waals surface area contributed by atoms with Gasteiger partial charge in [-0.05, 0) is 31.9 Å². The van der Waals surface area contributed by atoms with Gasteiger partial charge in [-0.15, -0.1) is 0 Å². The van der Waals surface area contributed by atoms with E-state index >= 15 is 0 Å². The number of hydrogen-bond donors (Lipinski definition) is 2. The Kier molecular flexibility index (Phi) is 4.11. The predicted octanol–water partition coefficient (Wildman–Crippen LogP) is 1.77. The summed E-state index contributed by atoms with van der Waals surface area (Å²) in [7, 11) is 0. The molecule has 0 aliphatic rings. The molecule has 1 aromatic carbocycles. The van der Waals surface area contributed by atoms with E-state index in [1.807, 2.05) is 6.92 Å². The fourth-order valence-electron chi connectivity index (χ4n) is 1.34. The Morgan fingerprint density at radius 1 is 1.36 bits per heavy atom. The van der Waals surface area contributed by atoms with Gasteiger partial charge in [-0.25, -0.2) is 0 Å². The van der Waals surface area contributed by atoms with E-state index in [0.29, 0.717) is 0 Å². The minimum Gasteiger partial charge on any atom is -0.395 e. The predicted molar refractivity (Wildman–Crippen MR) is 59.3 cm³/mol. The van der Waals surface area contributed by atoms with Crippen LogP contribution in [0, 0.1) is 13.8 Å². The van der Waals surface area contributed by atoms with Crippen molar-refractivity contribution in [3.05, 3.63) is 34.9 Å². The Morgan fingerprint density at radius 3 is 2.71 bits per heavy atom. The van der Waals surface area contributed by atoms with Crippen molar-refractivity contribution in [3.8, 4) is 0 Å². The number of hydrogen-bond acceptors (Lipinski definition) is 2. The lowest BCUT2D eigenvalue weighted by Crippen LogP contribution is -2.28. The monoisotopic (exact) mass is 193 g/mol. The molecule has 0 saturated heterocycles. The second-order valence-corrected chi connectivity index (χ2v) is 3.89. The van der Waals surface area contributed by atoms with Gasteiger partial charge in [0.05, 0.1) is 6.61 Å². The van der Waals surface area contributed by atoms with Crippen molar-refractivity contribution in [3.63, 3.8) is 0 Å². The number of rotatable bonds is 4. The molecule has 0 radical (unpaired) electrons. The Hall–Kier alpha value is -0.860. The molecular weight excluding hydrogens is 174 g/mol. The third-order valence-electron chi connectivity index (χ3n) is 2.42. The Morgan fingerprint density at radius 2 is 2.07 bits per heavy atom. The largest absolute Gasteiger partial charge is 0.395 e. The van der Waals surface area contributed by atoms with Gasteiger partial charge in [-0.3, -0.25) is 0 Å². The van der Waals surface area contributed by atoms with Crippen LogP contribution in [-0.4, -0.2) is 17.8 Å². The van der Waals surface area contributed by atoms with Crippen molar-refractivity contribution >= 4 is 0 Å². The standard InChI is InChI=1S/C12H19NO/c1-9-4-5-10(2)12(6-9)7-13-11(3)8-14/h4-6,11,13-14H,7-8H2,1-3H3/t11-/m1/s1. The normalized spacial score (nSPS) is 12.9. The fourth-order valence-corrected chi connectivity index (χ4v) is 1.34. The van der Waals surface area contributed by atoms with Crippen LogP contribution in [0.5, 0.6) is 0 Å². The maximum absolute atomic E-state index is 8.87. The highest BCUT2D eigenvalue weighted by atomic mass is 16.3. The van der Waals surface area contributed by atoms with Crippen molar-refractivity contribution in [2.24, 2.45) is 0 Å². The summed E-state index contributed by atoms with van der Waals surface area (Å²) in [6.45, 7) is 7.20. The van der Waals surface area contributed by atoms with Gasteiger partial charge in [0.1, 0.15) is 0 Å². The summed E-state index contributed by atoms with van der Waals surface area (Å²) in [6.07, 6.45) is 0. The highest BCUT2D eigenvalue weighted by molar-refractivity contribution is 5.30. The minimum absolute atomic E-state index is 0.162. The molecule has 1 atom stereocenters. The topological polar surface area (TPSA) is 32.3 Å². The summed E-state index contributed by atoms with van der Waals surface area (Å²) in [5.41, 5.74) is 3.89. The highest BCUT2D eigenvalue weighted by Crippen LogP contribution is 2.10. The first kappa shape index (κ1) is 11.2. The fraction of sp³-hybridized carbons (Fsp3) is 0.500. The molecule has 0 saturated carbocycles. The first-order valence-electron chi connectivity index (χ1n) is 5.04. The van der Waals surface area contributed by atoms with Crippen molar-refractivity contribution in [2.45, 2.75) is 33.4 Å². The van der Waals surface area contributed by atoms with Crippen molar-refractivity contribution in [1.29, 1.82) is 0 Å². The van der Waals surface area contributed by atoms with E-state index < -0.39 is 0 Å². The van der Waals surface area contributed by atoms with Gasteiger partial charge >= 0.3 is 0 Å². The first-order valence-corrected chi connectivity index (χ1v) is 5.04. The molecule has 1 rings (SSSR count). The smallest absolute Gasteiger partial charge is 0.0582 e. The van der Waals surface area contributed by atoms with E-state index in [2.05, 4.69) is 37.4 Å². The van der Waals surface area contributed by atoms with Crippen LogP contribution in [0.2, 0.25) is 0 Å². The average Bonchev–Trinajstić information content (AvgIpc) is 2.19. The zero-order chi connectivity index (χ0) is 10.6. The third-order valence-corrected chi connectivity index (χ3v) is 2.42. The molecule has 78 valence electrons. The Bertz CT molecular complexity index is 296. The average molecular weight is 193 g/mol. The molecule has 0 amide bonds. The lowest BCUT2D eigenvalue weighted by atomic mass is 10.1. The van der Waals surface area contributed by atoms with Gasteiger partial charge in [0.15, 0.2) is 0 Å². The molecule has 0 fully saturated rings. The number of aryl methyl sites for hydroxylation is 2. The molecule has 0 aromatic heterocycles. The molecule has 2 heteroatoms. The van der Waals surface area contributed by atoms with Crippen LogP contribution in [0.25, 0.3) is 0 Å². The molecule has 0 spiro atoms. The maximum Gasteiger partial charge on any atom is 0.0582 e. The first-order chi connectivity index (χ1) is 6.63. The van der Waals surface area contributed by atoms with Crippen LogP contribution in [0.3, 0.4) is 0 Å². The Labute approximate surface area is 86.0 Å². The lowest BCUT2D eigenvalue weighted by Gasteiger charge is -2.12. The molecule has 14 heavy (non-hydrogen) atoms. The molecule has 0 heterocycles. The van der Waals surface area contributed by atoms with Gasteiger partial charge in [0, 0.05) is 12.6 Å². The van der Waals surface area contributed by atoms with Crippen LogP contribution in [0.1, 0.15) is 23.6 Å². The summed E-state index contributed by atoms with van der Waals surface area (Å²) < 4.78 is 0. The molecule has 0 aliphatic carbocycles. The van der Waals surface area contributed by atoms with E-state index in [0.717, 1.165) is 6.54 Å². The third kappa shape index (κ3) is 3.13. The van der Waals surface area contributed by atoms with Crippen molar-refractivity contribution in [2.75, 3.05) is 6.61 Å². The van der Waals surface area contributed by atoms with Gasteiger partial charge < -0.3 is 10.4 Å². The number of nitrogens with one attached hydrogen (secondary N) is 1. The minimum atomic E-state index is 0.162. The van der Waals surface area contributed by atoms with E-state index in [4.69, 9.17) is 5.11 Å². The van der Waals surface area contributed by atoms with Crippen LogP contribution in [0.15, 0.2) is 18.2 Å². The number of aliphatic hydroxyl groups excluding tert-OH is 1. The van der Waals surface area contributed by atoms with E-state index in [1.54, 1.807) is 0 Å². The molecule has 0 unspecified atom stereocenters. The summed E-state index contributed by atoms with van der Waals surface area (Å²) >= 11 is 0. The van der Waals surface area contributed by atoms with E-state index in [1.165, 1.54) is 16.7 Å². The number of aliphatic hydroxyl groups is 1. The molecule has 1 aromatic rings. The van der Waals surface area contributed by atoms with E-state index in [-0.39, 0.29) is 12.6 Å². The van der Waals surface area contributed by atoms with Crippen LogP contribution < -0.4 is 5.32 Å². The van der Waals surface area contributed by atoms with Gasteiger partial charge in [-0.2, -0.15) is 0 Å².